The van der Waals surface area contributed by atoms with Crippen molar-refractivity contribution in [3.8, 4) is 0 Å². The summed E-state index contributed by atoms with van der Waals surface area (Å²) < 4.78 is 48.3. The van der Waals surface area contributed by atoms with Crippen LogP contribution in [-0.2, 0) is 23.1 Å². The van der Waals surface area contributed by atoms with Gasteiger partial charge < -0.3 is 24.6 Å². The summed E-state index contributed by atoms with van der Waals surface area (Å²) in [6, 6.07) is 0. The van der Waals surface area contributed by atoms with Crippen LogP contribution in [0.2, 0.25) is 0 Å². The van der Waals surface area contributed by atoms with Gasteiger partial charge in [0.1, 0.15) is 18.3 Å². The first-order valence-corrected chi connectivity index (χ1v) is 20.9. The average Bonchev–Trinajstić information content (AvgIpc) is 3.35. The average molecular weight is 741 g/mol. The molecular formula is C34H62FN2O10PS. The summed E-state index contributed by atoms with van der Waals surface area (Å²) in [5, 5.41) is 21.0. The predicted octanol–water partition coefficient (Wildman–Crippen LogP) is 6.61. The number of phosphoric acid groups is 1. The quantitative estimate of drug-likeness (QED) is 0.0515. The molecule has 0 radical (unpaired) electrons. The van der Waals surface area contributed by atoms with Gasteiger partial charge in [0, 0.05) is 11.9 Å². The van der Waals surface area contributed by atoms with E-state index in [1.807, 2.05) is 11.8 Å². The highest BCUT2D eigenvalue weighted by molar-refractivity contribution is 7.99. The maximum atomic E-state index is 13.7. The largest absolute Gasteiger partial charge is 0.472 e. The number of H-pyrrole nitrogens is 1. The van der Waals surface area contributed by atoms with E-state index in [1.165, 1.54) is 96.3 Å². The van der Waals surface area contributed by atoms with E-state index in [1.54, 1.807) is 4.98 Å². The fraction of sp³-hybridized carbons (Fsp3) is 0.882. The summed E-state index contributed by atoms with van der Waals surface area (Å²) in [7, 11) is -4.56. The molecule has 1 aliphatic heterocycles. The molecule has 1 fully saturated rings. The van der Waals surface area contributed by atoms with Gasteiger partial charge in [-0.2, -0.15) is 16.2 Å². The normalized spacial score (nSPS) is 21.9. The second-order valence-electron chi connectivity index (χ2n) is 13.0. The van der Waals surface area contributed by atoms with Gasteiger partial charge >= 0.3 is 13.5 Å². The van der Waals surface area contributed by atoms with Crippen LogP contribution in [-0.4, -0.2) is 79.9 Å². The Kier molecular flexibility index (Phi) is 22.5. The SMILES string of the molecule is CCCCCCCCCCCCSC(CCCCCCC)C(C)OCCCOP(=O)(O)OC[C@H]1O[C@@H](n2cc(F)c(=O)[nH]c2=O)[C@H](O)[C@@H]1O. The standard InChI is InChI=1S/C34H62FN2O10PS/c1-4-6-8-10-11-12-13-14-16-18-23-49-29(20-17-15-9-7-5-2)26(3)44-21-19-22-45-48(42,43)46-25-28-30(38)31(39)33(47-28)37-24-27(35)32(40)36-34(37)41/h24,26,28-31,33,38-39H,4-23,25H2,1-3H3,(H,42,43)(H,36,40,41)/t26?,28-,29?,30-,31-,33-/m1/s1. The molecular weight excluding hydrogens is 678 g/mol. The smallest absolute Gasteiger partial charge is 0.387 e. The predicted molar refractivity (Wildman–Crippen MR) is 190 cm³/mol. The minimum absolute atomic E-state index is 0.0280. The lowest BCUT2D eigenvalue weighted by Crippen LogP contribution is -2.38. The van der Waals surface area contributed by atoms with Crippen molar-refractivity contribution in [1.82, 2.24) is 9.55 Å². The number of aromatic nitrogens is 2. The molecule has 7 atom stereocenters. The summed E-state index contributed by atoms with van der Waals surface area (Å²) >= 11 is 1.99. The zero-order chi connectivity index (χ0) is 36.1. The number of thioether (sulfide) groups is 1. The van der Waals surface area contributed by atoms with Gasteiger partial charge in [-0.15, -0.1) is 0 Å². The van der Waals surface area contributed by atoms with Crippen molar-refractivity contribution >= 4 is 19.6 Å². The molecule has 49 heavy (non-hydrogen) atoms. The molecule has 0 saturated carbocycles. The number of unbranched alkanes of at least 4 members (excludes halogenated alkanes) is 13. The van der Waals surface area contributed by atoms with Gasteiger partial charge in [-0.3, -0.25) is 23.4 Å². The van der Waals surface area contributed by atoms with Crippen molar-refractivity contribution in [2.24, 2.45) is 0 Å². The van der Waals surface area contributed by atoms with Crippen molar-refractivity contribution in [3.05, 3.63) is 32.9 Å². The first-order valence-electron chi connectivity index (χ1n) is 18.4. The molecule has 0 aliphatic carbocycles. The molecule has 0 spiro atoms. The van der Waals surface area contributed by atoms with Gasteiger partial charge in [0.2, 0.25) is 5.82 Å². The summed E-state index contributed by atoms with van der Waals surface area (Å²) in [5.74, 6) is -0.176. The summed E-state index contributed by atoms with van der Waals surface area (Å²) in [4.78, 5) is 35.2. The van der Waals surface area contributed by atoms with E-state index in [4.69, 9.17) is 18.5 Å². The van der Waals surface area contributed by atoms with Crippen LogP contribution in [0.15, 0.2) is 15.8 Å². The number of halogens is 1. The van der Waals surface area contributed by atoms with E-state index in [9.17, 15) is 33.7 Å². The second kappa shape index (κ2) is 25.0. The number of nitrogens with one attached hydrogen (secondary N) is 1. The molecule has 4 N–H and O–H groups in total. The van der Waals surface area contributed by atoms with Gasteiger partial charge in [0.15, 0.2) is 6.23 Å². The number of nitrogens with zero attached hydrogens (tertiary/aromatic N) is 1. The third-order valence-corrected chi connectivity index (χ3v) is 11.4. The molecule has 1 aromatic rings. The second-order valence-corrected chi connectivity index (χ2v) is 15.8. The van der Waals surface area contributed by atoms with Gasteiger partial charge in [-0.25, -0.2) is 9.36 Å². The van der Waals surface area contributed by atoms with Gasteiger partial charge in [0.25, 0.3) is 5.56 Å². The Morgan fingerprint density at radius 2 is 1.49 bits per heavy atom. The van der Waals surface area contributed by atoms with Crippen molar-refractivity contribution in [2.45, 2.75) is 166 Å². The molecule has 2 rings (SSSR count). The minimum Gasteiger partial charge on any atom is -0.387 e. The molecule has 0 amide bonds. The van der Waals surface area contributed by atoms with Gasteiger partial charge in [-0.05, 0) is 31.9 Å². The van der Waals surface area contributed by atoms with Crippen LogP contribution in [0.5, 0.6) is 0 Å². The molecule has 0 aromatic carbocycles. The fourth-order valence-electron chi connectivity index (χ4n) is 5.79. The molecule has 3 unspecified atom stereocenters. The van der Waals surface area contributed by atoms with E-state index in [-0.39, 0.29) is 12.7 Å². The maximum Gasteiger partial charge on any atom is 0.472 e. The fourth-order valence-corrected chi connectivity index (χ4v) is 7.92. The number of ether oxygens (including phenoxy) is 2. The lowest BCUT2D eigenvalue weighted by atomic mass is 10.1. The van der Waals surface area contributed by atoms with Gasteiger partial charge in [0.05, 0.1) is 25.5 Å². The molecule has 0 bridgehead atoms. The molecule has 286 valence electrons. The summed E-state index contributed by atoms with van der Waals surface area (Å²) in [6.07, 6.45) is 15.1. The van der Waals surface area contributed by atoms with E-state index < -0.39 is 56.0 Å². The van der Waals surface area contributed by atoms with Crippen molar-refractivity contribution in [3.63, 3.8) is 0 Å². The van der Waals surface area contributed by atoms with Crippen LogP contribution in [0.1, 0.15) is 136 Å². The molecule has 1 aliphatic rings. The topological polar surface area (TPSA) is 170 Å². The number of hydrogen-bond donors (Lipinski definition) is 4. The number of aliphatic hydroxyl groups excluding tert-OH is 2. The van der Waals surface area contributed by atoms with Crippen LogP contribution in [0.25, 0.3) is 0 Å². The third kappa shape index (κ3) is 17.3. The Morgan fingerprint density at radius 3 is 2.12 bits per heavy atom. The van der Waals surface area contributed by atoms with Crippen LogP contribution in [0.3, 0.4) is 0 Å². The number of hydrogen-bond acceptors (Lipinski definition) is 10. The van der Waals surface area contributed by atoms with Crippen molar-refractivity contribution < 1.29 is 42.6 Å². The summed E-state index contributed by atoms with van der Waals surface area (Å²) in [5.41, 5.74) is -2.31. The monoisotopic (exact) mass is 740 g/mol. The molecule has 12 nitrogen and oxygen atoms in total. The highest BCUT2D eigenvalue weighted by atomic mass is 32.2. The number of aliphatic hydroxyl groups is 2. The first kappa shape index (κ1) is 44.1. The molecule has 1 saturated heterocycles. The summed E-state index contributed by atoms with van der Waals surface area (Å²) in [6.45, 7) is 6.13. The third-order valence-electron chi connectivity index (χ3n) is 8.81. The van der Waals surface area contributed by atoms with Crippen LogP contribution in [0.4, 0.5) is 4.39 Å². The van der Waals surface area contributed by atoms with Crippen LogP contribution in [0, 0.1) is 5.82 Å². The van der Waals surface area contributed by atoms with Crippen molar-refractivity contribution in [2.75, 3.05) is 25.6 Å². The lowest BCUT2D eigenvalue weighted by Gasteiger charge is -2.24. The number of phosphoric ester groups is 1. The zero-order valence-corrected chi connectivity index (χ0v) is 31.5. The van der Waals surface area contributed by atoms with E-state index in [0.29, 0.717) is 29.0 Å². The lowest BCUT2D eigenvalue weighted by molar-refractivity contribution is -0.0557. The first-order chi connectivity index (χ1) is 23.5. The van der Waals surface area contributed by atoms with E-state index in [2.05, 4.69) is 20.8 Å². The Morgan fingerprint density at radius 1 is 0.898 bits per heavy atom. The number of aromatic amines is 1. The molecule has 15 heteroatoms. The van der Waals surface area contributed by atoms with Crippen LogP contribution < -0.4 is 11.2 Å². The Hall–Kier alpha value is -1.09. The Labute approximate surface area is 295 Å². The van der Waals surface area contributed by atoms with Gasteiger partial charge in [-0.1, -0.05) is 104 Å². The highest BCUT2D eigenvalue weighted by Gasteiger charge is 2.45. The molecule has 1 aromatic heterocycles. The van der Waals surface area contributed by atoms with Crippen molar-refractivity contribution in [1.29, 1.82) is 0 Å². The maximum absolute atomic E-state index is 13.7. The van der Waals surface area contributed by atoms with Crippen LogP contribution >= 0.6 is 19.6 Å². The Balaban J connectivity index is 1.70. The molecule has 2 heterocycles. The van der Waals surface area contributed by atoms with E-state index >= 15 is 0 Å². The Bertz CT molecular complexity index is 1190. The number of rotatable bonds is 29. The minimum atomic E-state index is -4.56. The zero-order valence-electron chi connectivity index (χ0n) is 29.8. The highest BCUT2D eigenvalue weighted by Crippen LogP contribution is 2.44. The van der Waals surface area contributed by atoms with E-state index in [0.717, 1.165) is 12.2 Å².